The van der Waals surface area contributed by atoms with Gasteiger partial charge in [-0.15, -0.1) is 0 Å². The zero-order valence-corrected chi connectivity index (χ0v) is 11.1. The molecule has 1 unspecified atom stereocenters. The van der Waals surface area contributed by atoms with Crippen LogP contribution in [-0.2, 0) is 6.54 Å². The summed E-state index contributed by atoms with van der Waals surface area (Å²) in [7, 11) is 0. The second-order valence-corrected chi connectivity index (χ2v) is 4.83. The van der Waals surface area contributed by atoms with Crippen molar-refractivity contribution in [2.45, 2.75) is 38.8 Å². The van der Waals surface area contributed by atoms with Crippen molar-refractivity contribution < 1.29 is 9.90 Å². The first kappa shape index (κ1) is 13.7. The quantitative estimate of drug-likeness (QED) is 0.846. The van der Waals surface area contributed by atoms with E-state index in [-0.39, 0.29) is 17.2 Å². The van der Waals surface area contributed by atoms with Crippen molar-refractivity contribution in [1.29, 1.82) is 0 Å². The molecule has 0 saturated carbocycles. The Morgan fingerprint density at radius 1 is 1.53 bits per heavy atom. The van der Waals surface area contributed by atoms with Crippen molar-refractivity contribution >= 4 is 5.91 Å². The SMILES string of the molecule is CCCCn1nc(C(=O)N2CCC(O)C2)ccc1=O. The van der Waals surface area contributed by atoms with Crippen LogP contribution in [0.25, 0.3) is 0 Å². The summed E-state index contributed by atoms with van der Waals surface area (Å²) >= 11 is 0. The van der Waals surface area contributed by atoms with Crippen LogP contribution in [0.15, 0.2) is 16.9 Å². The van der Waals surface area contributed by atoms with Crippen LogP contribution >= 0.6 is 0 Å². The van der Waals surface area contributed by atoms with Crippen LogP contribution in [-0.4, -0.2) is 44.9 Å². The van der Waals surface area contributed by atoms with Crippen molar-refractivity contribution in [3.63, 3.8) is 0 Å². The third kappa shape index (κ3) is 3.20. The number of β-amino-alcohol motifs (C(OH)–C–C–N with tert-alkyl or cyclic N) is 1. The number of aromatic nitrogens is 2. The molecule has 104 valence electrons. The summed E-state index contributed by atoms with van der Waals surface area (Å²) in [6, 6.07) is 2.83. The molecule has 0 radical (unpaired) electrons. The van der Waals surface area contributed by atoms with E-state index in [1.54, 1.807) is 4.90 Å². The number of aryl methyl sites for hydroxylation is 1. The minimum atomic E-state index is -0.449. The van der Waals surface area contributed by atoms with Gasteiger partial charge in [-0.3, -0.25) is 9.59 Å². The predicted octanol–water partition coefficient (Wildman–Crippen LogP) is 0.250. The van der Waals surface area contributed by atoms with E-state index in [4.69, 9.17) is 0 Å². The molecule has 0 aliphatic carbocycles. The van der Waals surface area contributed by atoms with Crippen LogP contribution in [0.3, 0.4) is 0 Å². The normalized spacial score (nSPS) is 18.8. The summed E-state index contributed by atoms with van der Waals surface area (Å²) in [4.78, 5) is 25.3. The Balaban J connectivity index is 2.15. The van der Waals surface area contributed by atoms with Crippen molar-refractivity contribution in [3.05, 3.63) is 28.2 Å². The average Bonchev–Trinajstić information content (AvgIpc) is 2.83. The van der Waals surface area contributed by atoms with E-state index in [0.29, 0.717) is 26.1 Å². The lowest BCUT2D eigenvalue weighted by Gasteiger charge is -2.15. The van der Waals surface area contributed by atoms with Crippen LogP contribution < -0.4 is 5.56 Å². The second kappa shape index (κ2) is 5.97. The van der Waals surface area contributed by atoms with Gasteiger partial charge in [0.05, 0.1) is 6.10 Å². The summed E-state index contributed by atoms with van der Waals surface area (Å²) in [5, 5.41) is 13.6. The van der Waals surface area contributed by atoms with Gasteiger partial charge in [0, 0.05) is 25.7 Å². The molecule has 1 aromatic rings. The molecule has 1 aliphatic heterocycles. The topological polar surface area (TPSA) is 75.4 Å². The fourth-order valence-corrected chi connectivity index (χ4v) is 2.12. The highest BCUT2D eigenvalue weighted by Gasteiger charge is 2.26. The molecule has 1 amide bonds. The number of unbranched alkanes of at least 4 members (excludes halogenated alkanes) is 1. The first-order chi connectivity index (χ1) is 9.11. The van der Waals surface area contributed by atoms with E-state index in [0.717, 1.165) is 12.8 Å². The number of likely N-dealkylation sites (tertiary alicyclic amines) is 1. The minimum absolute atomic E-state index is 0.188. The van der Waals surface area contributed by atoms with E-state index in [1.807, 2.05) is 6.92 Å². The van der Waals surface area contributed by atoms with Gasteiger partial charge in [-0.2, -0.15) is 5.10 Å². The maximum Gasteiger partial charge on any atom is 0.274 e. The molecule has 19 heavy (non-hydrogen) atoms. The first-order valence-electron chi connectivity index (χ1n) is 6.67. The molecule has 6 nitrogen and oxygen atoms in total. The predicted molar refractivity (Wildman–Crippen MR) is 69.9 cm³/mol. The van der Waals surface area contributed by atoms with Gasteiger partial charge in [-0.05, 0) is 18.9 Å². The molecule has 1 saturated heterocycles. The van der Waals surface area contributed by atoms with Gasteiger partial charge in [0.2, 0.25) is 0 Å². The highest BCUT2D eigenvalue weighted by atomic mass is 16.3. The van der Waals surface area contributed by atoms with Gasteiger partial charge in [0.1, 0.15) is 5.69 Å². The van der Waals surface area contributed by atoms with E-state index < -0.39 is 6.10 Å². The highest BCUT2D eigenvalue weighted by molar-refractivity contribution is 5.92. The Morgan fingerprint density at radius 2 is 2.32 bits per heavy atom. The smallest absolute Gasteiger partial charge is 0.274 e. The Hall–Kier alpha value is -1.69. The van der Waals surface area contributed by atoms with E-state index in [2.05, 4.69) is 5.10 Å². The molecule has 2 rings (SSSR count). The number of carbonyl (C=O) groups excluding carboxylic acids is 1. The largest absolute Gasteiger partial charge is 0.391 e. The van der Waals surface area contributed by atoms with Gasteiger partial charge < -0.3 is 10.0 Å². The van der Waals surface area contributed by atoms with Gasteiger partial charge >= 0.3 is 0 Å². The third-order valence-corrected chi connectivity index (χ3v) is 3.26. The molecule has 1 N–H and O–H groups in total. The fraction of sp³-hybridized carbons (Fsp3) is 0.615. The lowest BCUT2D eigenvalue weighted by Crippen LogP contribution is -2.33. The zero-order chi connectivity index (χ0) is 13.8. The van der Waals surface area contributed by atoms with E-state index in [9.17, 15) is 14.7 Å². The van der Waals surface area contributed by atoms with Crippen LogP contribution in [0.4, 0.5) is 0 Å². The van der Waals surface area contributed by atoms with Crippen LogP contribution in [0, 0.1) is 0 Å². The average molecular weight is 265 g/mol. The summed E-state index contributed by atoms with van der Waals surface area (Å²) in [6.07, 6.45) is 1.97. The standard InChI is InChI=1S/C13H19N3O3/c1-2-3-7-16-12(18)5-4-11(14-16)13(19)15-8-6-10(17)9-15/h4-5,10,17H,2-3,6-9H2,1H3. The molecular formula is C13H19N3O3. The Bertz CT molecular complexity index is 512. The number of hydrogen-bond donors (Lipinski definition) is 1. The molecule has 0 spiro atoms. The van der Waals surface area contributed by atoms with Gasteiger partial charge in [0.25, 0.3) is 11.5 Å². The second-order valence-electron chi connectivity index (χ2n) is 4.83. The lowest BCUT2D eigenvalue weighted by atomic mass is 10.3. The monoisotopic (exact) mass is 265 g/mol. The van der Waals surface area contributed by atoms with Crippen LogP contribution in [0.1, 0.15) is 36.7 Å². The molecule has 2 heterocycles. The number of amides is 1. The van der Waals surface area contributed by atoms with Gasteiger partial charge in [0.15, 0.2) is 0 Å². The summed E-state index contributed by atoms with van der Waals surface area (Å²) in [5.74, 6) is -0.221. The maximum atomic E-state index is 12.2. The number of hydrogen-bond acceptors (Lipinski definition) is 4. The molecule has 0 bridgehead atoms. The van der Waals surface area contributed by atoms with Crippen molar-refractivity contribution in [3.8, 4) is 0 Å². The Morgan fingerprint density at radius 3 is 2.95 bits per heavy atom. The Labute approximate surface area is 111 Å². The molecule has 1 atom stereocenters. The summed E-state index contributed by atoms with van der Waals surface area (Å²) < 4.78 is 1.34. The zero-order valence-electron chi connectivity index (χ0n) is 11.1. The third-order valence-electron chi connectivity index (χ3n) is 3.26. The fourth-order valence-electron chi connectivity index (χ4n) is 2.12. The number of carbonyl (C=O) groups is 1. The van der Waals surface area contributed by atoms with Crippen LogP contribution in [0.2, 0.25) is 0 Å². The highest BCUT2D eigenvalue weighted by Crippen LogP contribution is 2.11. The van der Waals surface area contributed by atoms with Gasteiger partial charge in [-0.25, -0.2) is 4.68 Å². The summed E-state index contributed by atoms with van der Waals surface area (Å²) in [6.45, 7) is 3.44. The van der Waals surface area contributed by atoms with E-state index >= 15 is 0 Å². The molecule has 6 heteroatoms. The first-order valence-corrected chi connectivity index (χ1v) is 6.67. The maximum absolute atomic E-state index is 12.2. The van der Waals surface area contributed by atoms with Crippen molar-refractivity contribution in [1.82, 2.24) is 14.7 Å². The Kier molecular flexibility index (Phi) is 4.31. The number of aliphatic hydroxyl groups is 1. The molecule has 1 fully saturated rings. The molecular weight excluding hydrogens is 246 g/mol. The molecule has 1 aromatic heterocycles. The van der Waals surface area contributed by atoms with Crippen LogP contribution in [0.5, 0.6) is 0 Å². The number of nitrogens with zero attached hydrogens (tertiary/aromatic N) is 3. The summed E-state index contributed by atoms with van der Waals surface area (Å²) in [5.41, 5.74) is 0.0799. The minimum Gasteiger partial charge on any atom is -0.391 e. The molecule has 1 aliphatic rings. The van der Waals surface area contributed by atoms with Crippen molar-refractivity contribution in [2.75, 3.05) is 13.1 Å². The number of aliphatic hydroxyl groups excluding tert-OH is 1. The molecule has 0 aromatic carbocycles. The van der Waals surface area contributed by atoms with E-state index in [1.165, 1.54) is 16.8 Å². The lowest BCUT2D eigenvalue weighted by molar-refractivity contribution is 0.0756. The van der Waals surface area contributed by atoms with Gasteiger partial charge in [-0.1, -0.05) is 13.3 Å². The number of rotatable bonds is 4. The van der Waals surface area contributed by atoms with Crippen molar-refractivity contribution in [2.24, 2.45) is 0 Å².